The lowest BCUT2D eigenvalue weighted by atomic mass is 10.0. The van der Waals surface area contributed by atoms with Crippen molar-refractivity contribution < 1.29 is 4.74 Å². The first-order valence-electron chi connectivity index (χ1n) is 9.34. The van der Waals surface area contributed by atoms with Gasteiger partial charge in [-0.2, -0.15) is 0 Å². The largest absolute Gasteiger partial charge is 0.493 e. The topological polar surface area (TPSA) is 65.3 Å². The average Bonchev–Trinajstić information content (AvgIpc) is 3.15. The fraction of sp³-hybridized carbons (Fsp3) is 0.450. The molecule has 2 atom stereocenters. The number of anilines is 1. The van der Waals surface area contributed by atoms with Gasteiger partial charge >= 0.3 is 0 Å². The van der Waals surface area contributed by atoms with Gasteiger partial charge in [-0.25, -0.2) is 9.97 Å². The summed E-state index contributed by atoms with van der Waals surface area (Å²) in [6.45, 7) is 6.83. The summed E-state index contributed by atoms with van der Waals surface area (Å²) in [5, 5.41) is 0. The number of ether oxygens (including phenoxy) is 1. The van der Waals surface area contributed by atoms with Crippen molar-refractivity contribution >= 4 is 21.2 Å². The van der Waals surface area contributed by atoms with E-state index in [1.807, 2.05) is 6.26 Å². The fourth-order valence-electron chi connectivity index (χ4n) is 3.67. The number of piperazine rings is 1. The van der Waals surface area contributed by atoms with Gasteiger partial charge in [-0.3, -0.25) is 9.68 Å². The standard InChI is InChI=1S/C20H27N5OS/c1-15(17-5-4-16-6-11-26-19(16)12-17)24-7-9-25(10-8-24)20-22-13-18(14-23-20)27(2,3)21/h4-5,12-15,21H,2,6-11H2,1,3H3. The molecule has 1 N–H and O–H groups in total. The van der Waals surface area contributed by atoms with Crippen LogP contribution >= 0.6 is 0 Å². The molecule has 0 amide bonds. The van der Waals surface area contributed by atoms with Crippen LogP contribution in [-0.4, -0.2) is 59.8 Å². The molecule has 2 unspecified atom stereocenters. The molecule has 144 valence electrons. The van der Waals surface area contributed by atoms with Gasteiger partial charge in [0.25, 0.3) is 0 Å². The van der Waals surface area contributed by atoms with Crippen LogP contribution in [0, 0.1) is 4.78 Å². The maximum atomic E-state index is 8.05. The van der Waals surface area contributed by atoms with Crippen molar-refractivity contribution in [2.75, 3.05) is 43.9 Å². The van der Waals surface area contributed by atoms with Gasteiger partial charge in [-0.15, -0.1) is 9.41 Å². The Bertz CT molecular complexity index is 918. The fourth-order valence-corrected chi connectivity index (χ4v) is 4.24. The Balaban J connectivity index is 1.40. The van der Waals surface area contributed by atoms with E-state index in [1.54, 1.807) is 12.4 Å². The van der Waals surface area contributed by atoms with Crippen LogP contribution in [0.1, 0.15) is 24.1 Å². The molecule has 0 saturated carbocycles. The van der Waals surface area contributed by atoms with E-state index in [4.69, 9.17) is 9.52 Å². The number of rotatable bonds is 4. The summed E-state index contributed by atoms with van der Waals surface area (Å²) >= 11 is 0. The molecule has 3 heterocycles. The van der Waals surface area contributed by atoms with Crippen LogP contribution in [0.25, 0.3) is 0 Å². The first kappa shape index (κ1) is 18.3. The normalized spacial score (nSPS) is 20.6. The Labute approximate surface area is 161 Å². The summed E-state index contributed by atoms with van der Waals surface area (Å²) in [5.41, 5.74) is 2.64. The zero-order valence-corrected chi connectivity index (χ0v) is 16.8. The van der Waals surface area contributed by atoms with Gasteiger partial charge in [0, 0.05) is 55.9 Å². The van der Waals surface area contributed by atoms with E-state index in [1.165, 1.54) is 11.1 Å². The van der Waals surface area contributed by atoms with E-state index >= 15 is 0 Å². The number of nitrogens with one attached hydrogen (secondary N) is 1. The number of aromatic nitrogens is 2. The Hall–Kier alpha value is -2.12. The van der Waals surface area contributed by atoms with Crippen LogP contribution in [-0.2, 0) is 15.8 Å². The molecular formula is C20H27N5OS. The first-order chi connectivity index (χ1) is 12.9. The van der Waals surface area contributed by atoms with Crippen molar-refractivity contribution in [3.05, 3.63) is 41.7 Å². The minimum absolute atomic E-state index is 0.365. The molecule has 2 aliphatic rings. The van der Waals surface area contributed by atoms with Crippen LogP contribution in [0.4, 0.5) is 5.95 Å². The first-order valence-corrected chi connectivity index (χ1v) is 11.6. The number of hydrogen-bond donors (Lipinski definition) is 1. The summed E-state index contributed by atoms with van der Waals surface area (Å²) in [6, 6.07) is 7.03. The molecule has 0 spiro atoms. The Kier molecular flexibility index (Phi) is 4.82. The maximum absolute atomic E-state index is 8.05. The van der Waals surface area contributed by atoms with Crippen LogP contribution in [0.3, 0.4) is 0 Å². The summed E-state index contributed by atoms with van der Waals surface area (Å²) < 4.78 is 13.8. The van der Waals surface area contributed by atoms with Gasteiger partial charge in [0.2, 0.25) is 5.95 Å². The summed E-state index contributed by atoms with van der Waals surface area (Å²) in [4.78, 5) is 14.5. The monoisotopic (exact) mass is 385 g/mol. The number of benzene rings is 1. The molecule has 0 radical (unpaired) electrons. The Morgan fingerprint density at radius 3 is 2.56 bits per heavy atom. The van der Waals surface area contributed by atoms with Gasteiger partial charge in [0.1, 0.15) is 5.75 Å². The van der Waals surface area contributed by atoms with Crippen LogP contribution in [0.2, 0.25) is 0 Å². The third-order valence-electron chi connectivity index (χ3n) is 5.48. The molecule has 27 heavy (non-hydrogen) atoms. The molecule has 1 aromatic carbocycles. The predicted molar refractivity (Wildman–Crippen MR) is 111 cm³/mol. The quantitative estimate of drug-likeness (QED) is 0.820. The lowest BCUT2D eigenvalue weighted by molar-refractivity contribution is 0.197. The van der Waals surface area contributed by atoms with Crippen molar-refractivity contribution in [1.82, 2.24) is 14.9 Å². The molecule has 1 saturated heterocycles. The second kappa shape index (κ2) is 7.13. The van der Waals surface area contributed by atoms with Gasteiger partial charge in [-0.05, 0) is 30.4 Å². The van der Waals surface area contributed by atoms with Crippen molar-refractivity contribution in [3.63, 3.8) is 0 Å². The number of fused-ring (bicyclic) bond motifs is 1. The van der Waals surface area contributed by atoms with Crippen molar-refractivity contribution in [2.24, 2.45) is 0 Å². The molecule has 6 nitrogen and oxygen atoms in total. The summed E-state index contributed by atoms with van der Waals surface area (Å²) in [7, 11) is -1.77. The van der Waals surface area contributed by atoms with E-state index in [9.17, 15) is 0 Å². The highest BCUT2D eigenvalue weighted by atomic mass is 32.2. The number of nitrogens with zero attached hydrogens (tertiary/aromatic N) is 4. The molecule has 2 aromatic rings. The maximum Gasteiger partial charge on any atom is 0.225 e. The molecule has 4 rings (SSSR count). The molecule has 0 aliphatic carbocycles. The van der Waals surface area contributed by atoms with Gasteiger partial charge < -0.3 is 9.64 Å². The SMILES string of the molecule is C=S(C)(=N)c1cnc(N2CCN(C(C)c3ccc4c(c3)OCC4)CC2)nc1. The highest BCUT2D eigenvalue weighted by molar-refractivity contribution is 8.00. The zero-order valence-electron chi connectivity index (χ0n) is 16.0. The van der Waals surface area contributed by atoms with E-state index in [-0.39, 0.29) is 0 Å². The molecule has 1 aromatic heterocycles. The molecule has 2 aliphatic heterocycles. The van der Waals surface area contributed by atoms with Gasteiger partial charge in [-0.1, -0.05) is 18.0 Å². The van der Waals surface area contributed by atoms with Gasteiger partial charge in [0.15, 0.2) is 0 Å². The molecule has 7 heteroatoms. The highest BCUT2D eigenvalue weighted by Crippen LogP contribution is 2.31. The minimum atomic E-state index is -1.77. The predicted octanol–water partition coefficient (Wildman–Crippen LogP) is 2.63. The minimum Gasteiger partial charge on any atom is -0.493 e. The summed E-state index contributed by atoms with van der Waals surface area (Å²) in [5.74, 6) is 5.71. The van der Waals surface area contributed by atoms with E-state index in [2.05, 4.69) is 50.8 Å². The third kappa shape index (κ3) is 3.80. The Morgan fingerprint density at radius 1 is 1.19 bits per heavy atom. The lowest BCUT2D eigenvalue weighted by Gasteiger charge is -2.38. The summed E-state index contributed by atoms with van der Waals surface area (Å²) in [6.07, 6.45) is 6.38. The van der Waals surface area contributed by atoms with E-state index in [0.29, 0.717) is 6.04 Å². The van der Waals surface area contributed by atoms with E-state index in [0.717, 1.165) is 55.8 Å². The van der Waals surface area contributed by atoms with Gasteiger partial charge in [0.05, 0.1) is 6.61 Å². The molecule has 0 bridgehead atoms. The smallest absolute Gasteiger partial charge is 0.225 e. The third-order valence-corrected chi connectivity index (χ3v) is 6.73. The Morgan fingerprint density at radius 2 is 1.89 bits per heavy atom. The van der Waals surface area contributed by atoms with Crippen LogP contribution in [0.5, 0.6) is 5.75 Å². The van der Waals surface area contributed by atoms with Crippen LogP contribution < -0.4 is 9.64 Å². The molecular weight excluding hydrogens is 358 g/mol. The zero-order chi connectivity index (χ0) is 19.0. The van der Waals surface area contributed by atoms with Crippen molar-refractivity contribution in [3.8, 4) is 5.75 Å². The second-order valence-corrected chi connectivity index (χ2v) is 10.1. The average molecular weight is 386 g/mol. The lowest BCUT2D eigenvalue weighted by Crippen LogP contribution is -2.47. The molecule has 1 fully saturated rings. The van der Waals surface area contributed by atoms with Crippen molar-refractivity contribution in [1.29, 1.82) is 4.78 Å². The van der Waals surface area contributed by atoms with Crippen molar-refractivity contribution in [2.45, 2.75) is 24.3 Å². The number of hydrogen-bond acceptors (Lipinski definition) is 6. The van der Waals surface area contributed by atoms with Crippen LogP contribution in [0.15, 0.2) is 35.5 Å². The second-order valence-electron chi connectivity index (χ2n) is 7.47. The highest BCUT2D eigenvalue weighted by Gasteiger charge is 2.24. The van der Waals surface area contributed by atoms with E-state index < -0.39 is 9.41 Å².